The molecular formula is C19H20BrNO5S. The first-order chi connectivity index (χ1) is 12.6. The van der Waals surface area contributed by atoms with Crippen molar-refractivity contribution in [3.63, 3.8) is 0 Å². The number of hydrogen-bond acceptors (Lipinski definition) is 5. The molecule has 2 aromatic carbocycles. The van der Waals surface area contributed by atoms with Crippen LogP contribution in [0.4, 0.5) is 0 Å². The fraction of sp³-hybridized carbons (Fsp3) is 0.316. The highest BCUT2D eigenvalue weighted by atomic mass is 79.9. The van der Waals surface area contributed by atoms with E-state index in [0.717, 1.165) is 10.0 Å². The van der Waals surface area contributed by atoms with Gasteiger partial charge in [0.1, 0.15) is 4.75 Å². The van der Waals surface area contributed by atoms with Gasteiger partial charge in [-0.3, -0.25) is 4.79 Å². The Labute approximate surface area is 166 Å². The molecule has 0 fully saturated rings. The van der Waals surface area contributed by atoms with E-state index in [-0.39, 0.29) is 11.7 Å². The van der Waals surface area contributed by atoms with Crippen LogP contribution < -0.4 is 14.8 Å². The van der Waals surface area contributed by atoms with Crippen LogP contribution in [0.25, 0.3) is 0 Å². The van der Waals surface area contributed by atoms with Crippen LogP contribution in [-0.2, 0) is 14.6 Å². The maximum Gasteiger partial charge on any atom is 0.241 e. The Hall–Kier alpha value is -2.06. The number of rotatable bonds is 5. The molecular weight excluding hydrogens is 434 g/mol. The summed E-state index contributed by atoms with van der Waals surface area (Å²) >= 11 is 3.28. The third-order valence-corrected chi connectivity index (χ3v) is 7.54. The zero-order chi connectivity index (χ0) is 19.8. The predicted molar refractivity (Wildman–Crippen MR) is 105 cm³/mol. The van der Waals surface area contributed by atoms with Gasteiger partial charge in [-0.05, 0) is 62.7 Å². The number of carbonyl (C=O) groups is 1. The van der Waals surface area contributed by atoms with E-state index in [1.165, 1.54) is 26.0 Å². The number of nitrogens with one attached hydrogen (secondary N) is 1. The molecule has 27 heavy (non-hydrogen) atoms. The van der Waals surface area contributed by atoms with Crippen molar-refractivity contribution in [1.82, 2.24) is 5.32 Å². The summed E-state index contributed by atoms with van der Waals surface area (Å²) < 4.78 is 35.7. The van der Waals surface area contributed by atoms with Crippen molar-refractivity contribution in [2.24, 2.45) is 0 Å². The first kappa shape index (κ1) is 19.7. The van der Waals surface area contributed by atoms with E-state index < -0.39 is 26.5 Å². The van der Waals surface area contributed by atoms with Crippen molar-refractivity contribution >= 4 is 31.7 Å². The van der Waals surface area contributed by atoms with Crippen LogP contribution in [0.15, 0.2) is 51.8 Å². The van der Waals surface area contributed by atoms with Crippen LogP contribution in [0, 0.1) is 0 Å². The molecule has 0 aromatic heterocycles. The maximum atomic E-state index is 13.0. The molecule has 8 heteroatoms. The first-order valence-corrected chi connectivity index (χ1v) is 10.6. The average molecular weight is 454 g/mol. The van der Waals surface area contributed by atoms with Gasteiger partial charge in [-0.15, -0.1) is 0 Å². The Morgan fingerprint density at radius 3 is 2.41 bits per heavy atom. The second-order valence-electron chi connectivity index (χ2n) is 6.78. The summed E-state index contributed by atoms with van der Waals surface area (Å²) in [6.45, 7) is 4.77. The molecule has 144 valence electrons. The fourth-order valence-corrected chi connectivity index (χ4v) is 4.32. The lowest BCUT2D eigenvalue weighted by Crippen LogP contribution is -2.48. The molecule has 1 aliphatic heterocycles. The lowest BCUT2D eigenvalue weighted by Gasteiger charge is -2.26. The molecule has 1 aliphatic rings. The third-order valence-electron chi connectivity index (χ3n) is 4.59. The molecule has 6 nitrogen and oxygen atoms in total. The zero-order valence-corrected chi connectivity index (χ0v) is 17.6. The Kier molecular flexibility index (Phi) is 5.22. The van der Waals surface area contributed by atoms with E-state index in [4.69, 9.17) is 9.47 Å². The third kappa shape index (κ3) is 3.68. The second kappa shape index (κ2) is 7.16. The van der Waals surface area contributed by atoms with Crippen LogP contribution in [0.5, 0.6) is 11.5 Å². The summed E-state index contributed by atoms with van der Waals surface area (Å²) in [5.74, 6) is 0.682. The monoisotopic (exact) mass is 453 g/mol. The first-order valence-electron chi connectivity index (χ1n) is 8.33. The van der Waals surface area contributed by atoms with E-state index in [1.54, 1.807) is 31.2 Å². The van der Waals surface area contributed by atoms with Gasteiger partial charge >= 0.3 is 0 Å². The van der Waals surface area contributed by atoms with E-state index in [2.05, 4.69) is 21.2 Å². The van der Waals surface area contributed by atoms with Gasteiger partial charge in [-0.1, -0.05) is 22.0 Å². The molecule has 2 aromatic rings. The quantitative estimate of drug-likeness (QED) is 0.747. The van der Waals surface area contributed by atoms with Crippen molar-refractivity contribution in [2.75, 3.05) is 6.79 Å². The highest BCUT2D eigenvalue weighted by molar-refractivity contribution is 9.10. The van der Waals surface area contributed by atoms with Gasteiger partial charge in [0.2, 0.25) is 12.7 Å². The normalized spacial score (nSPS) is 14.7. The standard InChI is InChI=1S/C19H20BrNO5S/c1-12(13-4-9-16-17(10-13)26-11-25-16)21-18(22)19(2,3)27(23,24)15-7-5-14(20)6-8-15/h4-10,12H,11H2,1-3H3,(H,21,22). The number of carbonyl (C=O) groups excluding carboxylic acids is 1. The molecule has 0 aliphatic carbocycles. The molecule has 1 amide bonds. The Balaban J connectivity index is 1.80. The second-order valence-corrected chi connectivity index (χ2v) is 10.2. The fourth-order valence-electron chi connectivity index (χ4n) is 2.67. The summed E-state index contributed by atoms with van der Waals surface area (Å²) in [5, 5.41) is 2.79. The Bertz CT molecular complexity index is 970. The minimum atomic E-state index is -3.87. The number of hydrogen-bond donors (Lipinski definition) is 1. The zero-order valence-electron chi connectivity index (χ0n) is 15.2. The summed E-state index contributed by atoms with van der Waals surface area (Å²) in [6, 6.07) is 11.2. The van der Waals surface area contributed by atoms with Gasteiger partial charge in [0, 0.05) is 4.47 Å². The molecule has 1 unspecified atom stereocenters. The van der Waals surface area contributed by atoms with E-state index in [9.17, 15) is 13.2 Å². The van der Waals surface area contributed by atoms with E-state index in [0.29, 0.717) is 11.5 Å². The Morgan fingerprint density at radius 1 is 1.11 bits per heavy atom. The maximum absolute atomic E-state index is 13.0. The van der Waals surface area contributed by atoms with Gasteiger partial charge in [-0.25, -0.2) is 8.42 Å². The van der Waals surface area contributed by atoms with Crippen LogP contribution in [0.1, 0.15) is 32.4 Å². The Morgan fingerprint density at radius 2 is 1.74 bits per heavy atom. The van der Waals surface area contributed by atoms with E-state index in [1.807, 2.05) is 6.07 Å². The molecule has 0 saturated carbocycles. The van der Waals surface area contributed by atoms with Gasteiger partial charge < -0.3 is 14.8 Å². The van der Waals surface area contributed by atoms with Crippen LogP contribution in [0.3, 0.4) is 0 Å². The number of fused-ring (bicyclic) bond motifs is 1. The van der Waals surface area contributed by atoms with Crippen molar-refractivity contribution in [2.45, 2.75) is 36.5 Å². The summed E-state index contributed by atoms with van der Waals surface area (Å²) in [7, 11) is -3.87. The van der Waals surface area contributed by atoms with Crippen molar-refractivity contribution in [3.8, 4) is 11.5 Å². The van der Waals surface area contributed by atoms with Crippen molar-refractivity contribution in [1.29, 1.82) is 0 Å². The largest absolute Gasteiger partial charge is 0.454 e. The minimum Gasteiger partial charge on any atom is -0.454 e. The topological polar surface area (TPSA) is 81.7 Å². The lowest BCUT2D eigenvalue weighted by molar-refractivity contribution is -0.123. The molecule has 1 heterocycles. The lowest BCUT2D eigenvalue weighted by atomic mass is 10.1. The average Bonchev–Trinajstić information content (AvgIpc) is 3.09. The van der Waals surface area contributed by atoms with E-state index >= 15 is 0 Å². The molecule has 0 saturated heterocycles. The predicted octanol–water partition coefficient (Wildman–Crippen LogP) is 3.61. The van der Waals surface area contributed by atoms with Gasteiger partial charge in [0.25, 0.3) is 0 Å². The number of sulfone groups is 1. The van der Waals surface area contributed by atoms with Gasteiger partial charge in [-0.2, -0.15) is 0 Å². The number of benzene rings is 2. The summed E-state index contributed by atoms with van der Waals surface area (Å²) in [5.41, 5.74) is 0.796. The van der Waals surface area contributed by atoms with Gasteiger partial charge in [0.05, 0.1) is 10.9 Å². The smallest absolute Gasteiger partial charge is 0.241 e. The van der Waals surface area contributed by atoms with Crippen molar-refractivity contribution < 1.29 is 22.7 Å². The molecule has 3 rings (SSSR count). The highest BCUT2D eigenvalue weighted by Crippen LogP contribution is 2.34. The summed E-state index contributed by atoms with van der Waals surface area (Å²) in [6.07, 6.45) is 0. The molecule has 0 spiro atoms. The SMILES string of the molecule is CC(NC(=O)C(C)(C)S(=O)(=O)c1ccc(Br)cc1)c1ccc2c(c1)OCO2. The minimum absolute atomic E-state index is 0.0987. The van der Waals surface area contributed by atoms with Crippen molar-refractivity contribution in [3.05, 3.63) is 52.5 Å². The number of halogens is 1. The molecule has 1 atom stereocenters. The summed E-state index contributed by atoms with van der Waals surface area (Å²) in [4.78, 5) is 12.9. The van der Waals surface area contributed by atoms with Crippen LogP contribution in [-0.4, -0.2) is 25.9 Å². The number of amides is 1. The molecule has 0 radical (unpaired) electrons. The molecule has 0 bridgehead atoms. The highest BCUT2D eigenvalue weighted by Gasteiger charge is 2.43. The van der Waals surface area contributed by atoms with Crippen LogP contribution in [0.2, 0.25) is 0 Å². The van der Waals surface area contributed by atoms with Gasteiger partial charge in [0.15, 0.2) is 21.3 Å². The number of ether oxygens (including phenoxy) is 2. The molecule has 1 N–H and O–H groups in total. The van der Waals surface area contributed by atoms with Crippen LogP contribution >= 0.6 is 15.9 Å².